The van der Waals surface area contributed by atoms with Crippen LogP contribution in [0, 0.1) is 6.92 Å². The molecule has 0 spiro atoms. The minimum atomic E-state index is -0.00160. The molecule has 0 saturated carbocycles. The predicted molar refractivity (Wildman–Crippen MR) is 111 cm³/mol. The first-order valence-electron chi connectivity index (χ1n) is 8.50. The molecule has 1 aromatic carbocycles. The van der Waals surface area contributed by atoms with Crippen LogP contribution in [0.1, 0.15) is 24.0 Å². The van der Waals surface area contributed by atoms with Crippen LogP contribution >= 0.6 is 35.4 Å². The fourth-order valence-electron chi connectivity index (χ4n) is 3.17. The number of hydrogen-bond acceptors (Lipinski definition) is 3. The molecule has 0 atom stereocenters. The summed E-state index contributed by atoms with van der Waals surface area (Å²) >= 11 is 17.8. The number of anilines is 1. The highest BCUT2D eigenvalue weighted by atomic mass is 35.5. The number of pyridine rings is 1. The third-order valence-corrected chi connectivity index (χ3v) is 5.95. The highest BCUT2D eigenvalue weighted by Gasteiger charge is 2.34. The maximum Gasteiger partial charge on any atom is 0.172 e. The SMILES string of the molecule is Cc1c(Cl)cnc(NC(=S)NCC2(c3ccccc3)CCOCC2)c1Cl. The van der Waals surface area contributed by atoms with Gasteiger partial charge in [0.05, 0.1) is 10.0 Å². The molecule has 2 aromatic rings. The number of thiocarbonyl (C=S) groups is 1. The number of rotatable bonds is 4. The molecule has 138 valence electrons. The van der Waals surface area contributed by atoms with Crippen LogP contribution in [-0.4, -0.2) is 29.9 Å². The number of hydrogen-bond donors (Lipinski definition) is 2. The van der Waals surface area contributed by atoms with E-state index in [2.05, 4.69) is 39.9 Å². The van der Waals surface area contributed by atoms with E-state index in [0.29, 0.717) is 21.0 Å². The molecule has 0 aliphatic carbocycles. The Morgan fingerprint density at radius 3 is 2.62 bits per heavy atom. The predicted octanol–water partition coefficient (Wildman–Crippen LogP) is 4.73. The first-order chi connectivity index (χ1) is 12.5. The van der Waals surface area contributed by atoms with Crippen molar-refractivity contribution in [3.63, 3.8) is 0 Å². The van der Waals surface area contributed by atoms with Gasteiger partial charge in [0.1, 0.15) is 0 Å². The second-order valence-electron chi connectivity index (χ2n) is 6.46. The van der Waals surface area contributed by atoms with Crippen molar-refractivity contribution >= 4 is 46.4 Å². The molecular weight excluding hydrogens is 389 g/mol. The van der Waals surface area contributed by atoms with Crippen LogP contribution in [0.15, 0.2) is 36.5 Å². The summed E-state index contributed by atoms with van der Waals surface area (Å²) in [5.41, 5.74) is 2.08. The summed E-state index contributed by atoms with van der Waals surface area (Å²) in [5, 5.41) is 7.91. The zero-order valence-corrected chi connectivity index (χ0v) is 16.8. The molecule has 0 bridgehead atoms. The van der Waals surface area contributed by atoms with Gasteiger partial charge in [-0.15, -0.1) is 0 Å². The standard InChI is InChI=1S/C19H21Cl2N3OS/c1-13-15(20)11-22-17(16(13)21)24-18(26)23-12-19(7-9-25-10-8-19)14-5-3-2-4-6-14/h2-6,11H,7-10,12H2,1H3,(H2,22,23,24,26). The Morgan fingerprint density at radius 1 is 1.23 bits per heavy atom. The molecule has 1 aliphatic heterocycles. The van der Waals surface area contributed by atoms with Crippen LogP contribution < -0.4 is 10.6 Å². The second kappa shape index (κ2) is 8.53. The maximum atomic E-state index is 6.30. The van der Waals surface area contributed by atoms with E-state index in [4.69, 9.17) is 40.2 Å². The van der Waals surface area contributed by atoms with Gasteiger partial charge in [-0.05, 0) is 43.1 Å². The third kappa shape index (κ3) is 4.29. The minimum absolute atomic E-state index is 0.00160. The minimum Gasteiger partial charge on any atom is -0.381 e. The van der Waals surface area contributed by atoms with Crippen LogP contribution in [0.5, 0.6) is 0 Å². The Balaban J connectivity index is 1.70. The summed E-state index contributed by atoms with van der Waals surface area (Å²) in [7, 11) is 0. The fraction of sp³-hybridized carbons (Fsp3) is 0.368. The van der Waals surface area contributed by atoms with E-state index in [9.17, 15) is 0 Å². The third-order valence-electron chi connectivity index (χ3n) is 4.86. The largest absolute Gasteiger partial charge is 0.381 e. The van der Waals surface area contributed by atoms with E-state index in [-0.39, 0.29) is 5.41 Å². The molecule has 2 heterocycles. The molecule has 7 heteroatoms. The number of aromatic nitrogens is 1. The van der Waals surface area contributed by atoms with Gasteiger partial charge in [-0.3, -0.25) is 0 Å². The highest BCUT2D eigenvalue weighted by Crippen LogP contribution is 2.34. The Kier molecular flexibility index (Phi) is 6.35. The molecule has 3 rings (SSSR count). The van der Waals surface area contributed by atoms with E-state index in [1.165, 1.54) is 5.56 Å². The van der Waals surface area contributed by atoms with Gasteiger partial charge >= 0.3 is 0 Å². The molecule has 1 saturated heterocycles. The number of ether oxygens (including phenoxy) is 1. The van der Waals surface area contributed by atoms with Crippen molar-refractivity contribution in [3.8, 4) is 0 Å². The van der Waals surface area contributed by atoms with E-state index in [1.807, 2.05) is 13.0 Å². The Bertz CT molecular complexity index is 780. The van der Waals surface area contributed by atoms with Gasteiger partial charge in [0.2, 0.25) is 0 Å². The molecule has 1 aliphatic rings. The Hall–Kier alpha value is -1.40. The van der Waals surface area contributed by atoms with Crippen molar-refractivity contribution in [1.82, 2.24) is 10.3 Å². The number of nitrogens with zero attached hydrogens (tertiary/aromatic N) is 1. The van der Waals surface area contributed by atoms with Crippen LogP contribution in [0.2, 0.25) is 10.0 Å². The molecular formula is C19H21Cl2N3OS. The van der Waals surface area contributed by atoms with Gasteiger partial charge in [-0.1, -0.05) is 53.5 Å². The molecule has 0 radical (unpaired) electrons. The van der Waals surface area contributed by atoms with Crippen LogP contribution in [0.4, 0.5) is 5.82 Å². The zero-order valence-electron chi connectivity index (χ0n) is 14.5. The number of benzene rings is 1. The van der Waals surface area contributed by atoms with Crippen LogP contribution in [-0.2, 0) is 10.2 Å². The fourth-order valence-corrected chi connectivity index (χ4v) is 3.73. The maximum absolute atomic E-state index is 6.30. The van der Waals surface area contributed by atoms with Gasteiger partial charge in [-0.2, -0.15) is 0 Å². The van der Waals surface area contributed by atoms with E-state index in [1.54, 1.807) is 6.20 Å². The Morgan fingerprint density at radius 2 is 1.92 bits per heavy atom. The topological polar surface area (TPSA) is 46.2 Å². The summed E-state index contributed by atoms with van der Waals surface area (Å²) < 4.78 is 5.57. The molecule has 2 N–H and O–H groups in total. The lowest BCUT2D eigenvalue weighted by molar-refractivity contribution is 0.0515. The molecule has 26 heavy (non-hydrogen) atoms. The van der Waals surface area contributed by atoms with Crippen molar-refractivity contribution in [2.75, 3.05) is 25.1 Å². The van der Waals surface area contributed by atoms with Crippen molar-refractivity contribution in [2.45, 2.75) is 25.2 Å². The first-order valence-corrected chi connectivity index (χ1v) is 9.67. The van der Waals surface area contributed by atoms with E-state index < -0.39 is 0 Å². The summed E-state index contributed by atoms with van der Waals surface area (Å²) in [6.07, 6.45) is 3.47. The van der Waals surface area contributed by atoms with Gasteiger partial charge in [0.25, 0.3) is 0 Å². The molecule has 4 nitrogen and oxygen atoms in total. The molecule has 1 fully saturated rings. The molecule has 0 unspecified atom stereocenters. The average molecular weight is 410 g/mol. The molecule has 1 aromatic heterocycles. The van der Waals surface area contributed by atoms with Gasteiger partial charge in [-0.25, -0.2) is 4.98 Å². The average Bonchev–Trinajstić information content (AvgIpc) is 2.68. The second-order valence-corrected chi connectivity index (χ2v) is 7.65. The summed E-state index contributed by atoms with van der Waals surface area (Å²) in [6, 6.07) is 10.5. The van der Waals surface area contributed by atoms with E-state index >= 15 is 0 Å². The van der Waals surface area contributed by atoms with Gasteiger partial charge in [0.15, 0.2) is 10.9 Å². The van der Waals surface area contributed by atoms with E-state index in [0.717, 1.165) is 38.2 Å². The van der Waals surface area contributed by atoms with Crippen molar-refractivity contribution in [1.29, 1.82) is 0 Å². The zero-order chi connectivity index (χ0) is 18.6. The number of nitrogens with one attached hydrogen (secondary N) is 2. The Labute approximate surface area is 169 Å². The molecule has 0 amide bonds. The van der Waals surface area contributed by atoms with Crippen molar-refractivity contribution in [3.05, 3.63) is 57.7 Å². The summed E-state index contributed by atoms with van der Waals surface area (Å²) in [4.78, 5) is 4.23. The van der Waals surface area contributed by atoms with Crippen molar-refractivity contribution < 1.29 is 4.74 Å². The smallest absolute Gasteiger partial charge is 0.172 e. The summed E-state index contributed by atoms with van der Waals surface area (Å²) in [5.74, 6) is 0.506. The quantitative estimate of drug-likeness (QED) is 0.714. The van der Waals surface area contributed by atoms with Crippen LogP contribution in [0.25, 0.3) is 0 Å². The number of halogens is 2. The lowest BCUT2D eigenvalue weighted by Crippen LogP contribution is -2.45. The monoisotopic (exact) mass is 409 g/mol. The normalized spacial score (nSPS) is 16.1. The van der Waals surface area contributed by atoms with Crippen molar-refractivity contribution in [2.24, 2.45) is 0 Å². The van der Waals surface area contributed by atoms with Crippen LogP contribution in [0.3, 0.4) is 0 Å². The highest BCUT2D eigenvalue weighted by molar-refractivity contribution is 7.80. The first kappa shape index (κ1) is 19.4. The lowest BCUT2D eigenvalue weighted by atomic mass is 9.74. The lowest BCUT2D eigenvalue weighted by Gasteiger charge is -2.38. The summed E-state index contributed by atoms with van der Waals surface area (Å²) in [6.45, 7) is 4.07. The van der Waals surface area contributed by atoms with Gasteiger partial charge < -0.3 is 15.4 Å². The van der Waals surface area contributed by atoms with Gasteiger partial charge in [0, 0.05) is 31.4 Å².